The van der Waals surface area contributed by atoms with Crippen LogP contribution in [-0.4, -0.2) is 46.4 Å². The van der Waals surface area contributed by atoms with E-state index in [1.54, 1.807) is 36.4 Å². The van der Waals surface area contributed by atoms with Gasteiger partial charge in [-0.15, -0.1) is 0 Å². The number of carbonyl (C=O) groups is 4. The van der Waals surface area contributed by atoms with Gasteiger partial charge in [-0.2, -0.15) is 0 Å². The summed E-state index contributed by atoms with van der Waals surface area (Å²) in [5.74, 6) is -2.37. The van der Waals surface area contributed by atoms with Crippen LogP contribution in [0.25, 0.3) is 10.9 Å². The van der Waals surface area contributed by atoms with Gasteiger partial charge in [-0.3, -0.25) is 14.4 Å². The second kappa shape index (κ2) is 15.0. The predicted molar refractivity (Wildman–Crippen MR) is 180 cm³/mol. The molecule has 13 heteroatoms. The fourth-order valence-electron chi connectivity index (χ4n) is 5.78. The maximum atomic E-state index is 14.2. The number of rotatable bonds is 12. The average Bonchev–Trinajstić information content (AvgIpc) is 3.38. The maximum absolute atomic E-state index is 14.2. The van der Waals surface area contributed by atoms with Crippen LogP contribution in [0, 0.1) is 11.8 Å². The number of nitrogens with one attached hydrogen (secondary N) is 4. The topological polar surface area (TPSA) is 155 Å². The molecule has 2 unspecified atom stereocenters. The van der Waals surface area contributed by atoms with Gasteiger partial charge in [-0.25, -0.2) is 4.79 Å². The number of benzene rings is 2. The lowest BCUT2D eigenvalue weighted by Crippen LogP contribution is -2.67. The first-order valence-electron chi connectivity index (χ1n) is 15.4. The Morgan fingerprint density at radius 1 is 0.978 bits per heavy atom. The molecule has 248 valence electrons. The largest absolute Gasteiger partial charge is 0.445 e. The molecule has 1 aromatic heterocycles. The lowest BCUT2D eigenvalue weighted by atomic mass is 9.78. The maximum Gasteiger partial charge on any atom is 0.408 e. The van der Waals surface area contributed by atoms with Crippen LogP contribution >= 0.6 is 34.8 Å². The van der Waals surface area contributed by atoms with E-state index in [0.717, 1.165) is 16.6 Å². The van der Waals surface area contributed by atoms with Crippen LogP contribution in [0.15, 0.2) is 36.4 Å². The first-order chi connectivity index (χ1) is 21.8. The minimum atomic E-state index is -1.50. The van der Waals surface area contributed by atoms with Crippen LogP contribution in [0.4, 0.5) is 4.79 Å². The number of aromatic nitrogens is 1. The van der Waals surface area contributed by atoms with Gasteiger partial charge in [0.05, 0.1) is 10.5 Å². The number of hydrogen-bond acceptors (Lipinski definition) is 5. The van der Waals surface area contributed by atoms with Gasteiger partial charge < -0.3 is 31.4 Å². The number of hydrogen-bond donors (Lipinski definition) is 5. The Morgan fingerprint density at radius 2 is 1.65 bits per heavy atom. The third kappa shape index (κ3) is 7.73. The first kappa shape index (κ1) is 35.4. The third-order valence-electron chi connectivity index (χ3n) is 8.99. The molecule has 10 nitrogen and oxygen atoms in total. The van der Waals surface area contributed by atoms with Crippen molar-refractivity contribution in [3.63, 3.8) is 0 Å². The number of aryl methyl sites for hydroxylation is 1. The highest BCUT2D eigenvalue weighted by Gasteiger charge is 2.46. The van der Waals surface area contributed by atoms with E-state index in [1.807, 2.05) is 27.7 Å². The van der Waals surface area contributed by atoms with Crippen LogP contribution < -0.4 is 21.7 Å². The molecular weight excluding hydrogens is 653 g/mol. The van der Waals surface area contributed by atoms with Crippen molar-refractivity contribution in [3.8, 4) is 0 Å². The molecule has 3 aromatic rings. The van der Waals surface area contributed by atoms with Gasteiger partial charge in [0.15, 0.2) is 0 Å². The van der Waals surface area contributed by atoms with Crippen LogP contribution in [0.2, 0.25) is 15.1 Å². The Labute approximate surface area is 283 Å². The van der Waals surface area contributed by atoms with E-state index >= 15 is 0 Å². The van der Waals surface area contributed by atoms with Crippen molar-refractivity contribution in [2.75, 3.05) is 0 Å². The van der Waals surface area contributed by atoms with Crippen molar-refractivity contribution in [2.24, 2.45) is 17.6 Å². The van der Waals surface area contributed by atoms with Gasteiger partial charge in [0.1, 0.15) is 24.2 Å². The minimum absolute atomic E-state index is 0.0761. The van der Waals surface area contributed by atoms with E-state index in [0.29, 0.717) is 45.4 Å². The molecule has 0 spiro atoms. The van der Waals surface area contributed by atoms with E-state index < -0.39 is 41.4 Å². The molecule has 0 aliphatic heterocycles. The van der Waals surface area contributed by atoms with E-state index in [1.165, 1.54) is 0 Å². The molecule has 0 saturated carbocycles. The standard InChI is InChI=1S/C33H40Cl3N5O5/c1-5-17(3)26(29(37)42)39-31(44)33(12-11-25-22(15-33)21-13-20(34)14-24(36)28(21)38-25)41-30(43)27(18(4)6-2)40-32(45)46-16-19-9-7-8-10-23(19)35/h7-10,13-14,17-18,26-27,38H,5-6,11-12,15-16H2,1-4H3,(H2,37,42)(H,39,44)(H,40,45)(H,41,43)/t17?,18?,26-,27-,33+/m0/s1. The van der Waals surface area contributed by atoms with Gasteiger partial charge in [-0.05, 0) is 48.4 Å². The Hall–Kier alpha value is -3.47. The second-order valence-electron chi connectivity index (χ2n) is 12.1. The Kier molecular flexibility index (Phi) is 11.5. The summed E-state index contributed by atoms with van der Waals surface area (Å²) in [6.45, 7) is 7.33. The minimum Gasteiger partial charge on any atom is -0.445 e. The molecule has 2 aromatic carbocycles. The van der Waals surface area contributed by atoms with Crippen molar-refractivity contribution in [1.82, 2.24) is 20.9 Å². The van der Waals surface area contributed by atoms with E-state index in [9.17, 15) is 19.2 Å². The van der Waals surface area contributed by atoms with Crippen molar-refractivity contribution < 1.29 is 23.9 Å². The number of halogens is 3. The summed E-state index contributed by atoms with van der Waals surface area (Å²) >= 11 is 19.0. The zero-order valence-electron chi connectivity index (χ0n) is 26.3. The number of aromatic amines is 1. The number of H-pyrrole nitrogens is 1. The molecule has 0 radical (unpaired) electrons. The summed E-state index contributed by atoms with van der Waals surface area (Å²) in [5.41, 5.74) is 7.13. The van der Waals surface area contributed by atoms with Crippen LogP contribution in [0.1, 0.15) is 63.8 Å². The fourth-order valence-corrected chi connectivity index (χ4v) is 6.51. The van der Waals surface area contributed by atoms with Gasteiger partial charge in [0.2, 0.25) is 17.7 Å². The molecular formula is C33H40Cl3N5O5. The molecule has 4 amide bonds. The highest BCUT2D eigenvalue weighted by atomic mass is 35.5. The van der Waals surface area contributed by atoms with E-state index in [4.69, 9.17) is 45.3 Å². The normalized spacial score (nSPS) is 18.5. The summed E-state index contributed by atoms with van der Waals surface area (Å²) < 4.78 is 5.40. The summed E-state index contributed by atoms with van der Waals surface area (Å²) in [6, 6.07) is 8.36. The summed E-state index contributed by atoms with van der Waals surface area (Å²) in [5, 5.41) is 10.5. The monoisotopic (exact) mass is 691 g/mol. The Bertz CT molecular complexity index is 1630. The van der Waals surface area contributed by atoms with Gasteiger partial charge in [0.25, 0.3) is 0 Å². The highest BCUT2D eigenvalue weighted by molar-refractivity contribution is 6.38. The summed E-state index contributed by atoms with van der Waals surface area (Å²) in [4.78, 5) is 57.0. The molecule has 1 heterocycles. The van der Waals surface area contributed by atoms with Crippen molar-refractivity contribution in [2.45, 2.75) is 84.0 Å². The van der Waals surface area contributed by atoms with Gasteiger partial charge in [0, 0.05) is 33.1 Å². The summed E-state index contributed by atoms with van der Waals surface area (Å²) in [7, 11) is 0. The number of fused-ring (bicyclic) bond motifs is 3. The molecule has 46 heavy (non-hydrogen) atoms. The molecule has 4 rings (SSSR count). The van der Waals surface area contributed by atoms with Crippen molar-refractivity contribution >= 4 is 69.5 Å². The van der Waals surface area contributed by atoms with Crippen LogP contribution in [0.3, 0.4) is 0 Å². The third-order valence-corrected chi connectivity index (χ3v) is 9.87. The second-order valence-corrected chi connectivity index (χ2v) is 13.3. The number of ether oxygens (including phenoxy) is 1. The molecule has 0 fully saturated rings. The SMILES string of the molecule is CCC(C)[C@H](NC(=O)[C@@]1(NC(=O)[C@@H](NC(=O)OCc2ccccc2Cl)C(C)CC)CCc2[nH]c3c(Cl)cc(Cl)cc3c2C1)C(N)=O. The van der Waals surface area contributed by atoms with Crippen molar-refractivity contribution in [1.29, 1.82) is 0 Å². The molecule has 1 aliphatic carbocycles. The zero-order chi connectivity index (χ0) is 33.8. The van der Waals surface area contributed by atoms with Gasteiger partial charge >= 0.3 is 6.09 Å². The predicted octanol–water partition coefficient (Wildman–Crippen LogP) is 5.83. The number of amides is 4. The number of primary amides is 1. The number of carbonyl (C=O) groups excluding carboxylic acids is 4. The number of nitrogens with two attached hydrogens (primary N) is 1. The summed E-state index contributed by atoms with van der Waals surface area (Å²) in [6.07, 6.45) is 0.989. The molecule has 0 saturated heterocycles. The van der Waals surface area contributed by atoms with Crippen LogP contribution in [0.5, 0.6) is 0 Å². The fraction of sp³-hybridized carbons (Fsp3) is 0.455. The lowest BCUT2D eigenvalue weighted by molar-refractivity contribution is -0.137. The van der Waals surface area contributed by atoms with Crippen molar-refractivity contribution in [3.05, 3.63) is 68.3 Å². The quantitative estimate of drug-likeness (QED) is 0.162. The molecule has 6 N–H and O–H groups in total. The van der Waals surface area contributed by atoms with Gasteiger partial charge in [-0.1, -0.05) is 93.5 Å². The Balaban J connectivity index is 1.66. The molecule has 0 bridgehead atoms. The lowest BCUT2D eigenvalue weighted by Gasteiger charge is -2.39. The van der Waals surface area contributed by atoms with Crippen LogP contribution in [-0.2, 0) is 38.6 Å². The molecule has 5 atom stereocenters. The van der Waals surface area contributed by atoms with E-state index in [2.05, 4.69) is 20.9 Å². The average molecular weight is 693 g/mol. The highest BCUT2D eigenvalue weighted by Crippen LogP contribution is 2.38. The molecule has 1 aliphatic rings. The first-order valence-corrected chi connectivity index (χ1v) is 16.5. The zero-order valence-corrected chi connectivity index (χ0v) is 28.5. The Morgan fingerprint density at radius 3 is 2.30 bits per heavy atom. The van der Waals surface area contributed by atoms with E-state index in [-0.39, 0.29) is 31.3 Å². The smallest absolute Gasteiger partial charge is 0.408 e. The number of alkyl carbamates (subject to hydrolysis) is 1.